The standard InChI is InChI=1S/C24H31F2N3O4S/c1-23(2,3)16-11-24(9-10-32-4,21(30)28-31)15-29(13-16)14-20-27-12-19(34-20)17-7-5-6-8-18(17)33-22(25)26/h5-8,12,16,22H,9-11,13-15H2,1-4H3/t16?,24-/m1/s1. The minimum absolute atomic E-state index is 0.0836. The Kier molecular flexibility index (Phi) is 8.48. The molecule has 1 saturated heterocycles. The van der Waals surface area contributed by atoms with Crippen molar-refractivity contribution in [2.75, 3.05) is 26.8 Å². The number of rotatable bonds is 9. The van der Waals surface area contributed by atoms with E-state index < -0.39 is 17.9 Å². The second kappa shape index (κ2) is 11.0. The number of carbonyl (C=O) groups is 1. The predicted molar refractivity (Wildman–Crippen MR) is 127 cm³/mol. The lowest BCUT2D eigenvalue weighted by atomic mass is 9.65. The molecule has 0 aliphatic carbocycles. The zero-order valence-corrected chi connectivity index (χ0v) is 20.7. The molecule has 0 saturated carbocycles. The number of alkyl halides is 2. The molecule has 2 atom stereocenters. The number of halogens is 2. The highest BCUT2D eigenvalue weighted by atomic mass is 32.1. The Bertz CT molecular complexity index is 995. The molecular formula is C24H31F2N3O4S. The molecule has 186 valence electrons. The molecule has 34 heavy (non-hydrogen) atoms. The van der Waals surface area contributed by atoms with Gasteiger partial charge < -0.3 is 9.47 Å². The summed E-state index contributed by atoms with van der Waals surface area (Å²) in [5.41, 5.74) is -0.446. The van der Waals surface area contributed by atoms with Crippen molar-refractivity contribution in [1.82, 2.24) is 9.88 Å². The van der Waals surface area contributed by atoms with Gasteiger partial charge >= 0.3 is 6.61 Å². The van der Waals surface area contributed by atoms with Crippen LogP contribution in [0.2, 0.25) is 0 Å². The normalized spacial score (nSPS) is 21.6. The van der Waals surface area contributed by atoms with Crippen molar-refractivity contribution in [3.63, 3.8) is 0 Å². The zero-order valence-electron chi connectivity index (χ0n) is 19.9. The highest BCUT2D eigenvalue weighted by Gasteiger charge is 2.48. The first-order valence-corrected chi connectivity index (χ1v) is 12.0. The number of methoxy groups -OCH3 is 1. The smallest absolute Gasteiger partial charge is 0.387 e. The molecule has 0 N–H and O–H groups in total. The zero-order chi connectivity index (χ0) is 24.9. The van der Waals surface area contributed by atoms with E-state index in [0.29, 0.717) is 43.0 Å². The highest BCUT2D eigenvalue weighted by molar-refractivity contribution is 7.15. The fourth-order valence-corrected chi connectivity index (χ4v) is 5.50. The van der Waals surface area contributed by atoms with Gasteiger partial charge in [-0.15, -0.1) is 16.2 Å². The molecule has 2 aromatic rings. The summed E-state index contributed by atoms with van der Waals surface area (Å²) < 4.78 is 35.5. The third-order valence-electron chi connectivity index (χ3n) is 6.47. The van der Waals surface area contributed by atoms with Crippen LogP contribution < -0.4 is 4.74 Å². The number of nitrogens with zero attached hydrogens (tertiary/aromatic N) is 3. The molecule has 0 radical (unpaired) electrons. The third kappa shape index (κ3) is 6.22. The molecule has 7 nitrogen and oxygen atoms in total. The number of nitroso groups, excluding NO2 is 1. The number of aromatic nitrogens is 1. The van der Waals surface area contributed by atoms with Gasteiger partial charge in [0.15, 0.2) is 0 Å². The van der Waals surface area contributed by atoms with Gasteiger partial charge in [-0.25, -0.2) is 4.98 Å². The van der Waals surface area contributed by atoms with Crippen LogP contribution >= 0.6 is 11.3 Å². The largest absolute Gasteiger partial charge is 0.434 e. The van der Waals surface area contributed by atoms with Crippen molar-refractivity contribution in [2.24, 2.45) is 21.9 Å². The first-order valence-electron chi connectivity index (χ1n) is 11.2. The molecule has 1 unspecified atom stereocenters. The van der Waals surface area contributed by atoms with Crippen LogP contribution in [0.1, 0.15) is 38.6 Å². The monoisotopic (exact) mass is 495 g/mol. The summed E-state index contributed by atoms with van der Waals surface area (Å²) in [5.74, 6) is -0.385. The third-order valence-corrected chi connectivity index (χ3v) is 7.48. The van der Waals surface area contributed by atoms with E-state index >= 15 is 0 Å². The van der Waals surface area contributed by atoms with Crippen molar-refractivity contribution >= 4 is 17.2 Å². The van der Waals surface area contributed by atoms with Crippen molar-refractivity contribution in [3.05, 3.63) is 40.4 Å². The molecular weight excluding hydrogens is 464 g/mol. The number of ether oxygens (including phenoxy) is 2. The number of benzene rings is 1. The predicted octanol–water partition coefficient (Wildman–Crippen LogP) is 5.60. The maximum Gasteiger partial charge on any atom is 0.387 e. The Morgan fingerprint density at radius 1 is 1.35 bits per heavy atom. The van der Waals surface area contributed by atoms with Crippen LogP contribution in [0.5, 0.6) is 5.75 Å². The lowest BCUT2D eigenvalue weighted by Crippen LogP contribution is -2.53. The summed E-state index contributed by atoms with van der Waals surface area (Å²) in [7, 11) is 1.57. The molecule has 1 aliphatic rings. The molecule has 1 aliphatic heterocycles. The second-order valence-electron chi connectivity index (χ2n) is 9.85. The minimum Gasteiger partial charge on any atom is -0.434 e. The summed E-state index contributed by atoms with van der Waals surface area (Å²) in [6.07, 6.45) is 2.64. The summed E-state index contributed by atoms with van der Waals surface area (Å²) >= 11 is 1.39. The fraction of sp³-hybridized carbons (Fsp3) is 0.583. The number of likely N-dealkylation sites (tertiary alicyclic amines) is 1. The Balaban J connectivity index is 1.86. The fourth-order valence-electron chi connectivity index (χ4n) is 4.51. The molecule has 10 heteroatoms. The number of amides is 1. The van der Waals surface area contributed by atoms with E-state index in [-0.39, 0.29) is 17.1 Å². The van der Waals surface area contributed by atoms with Gasteiger partial charge in [-0.2, -0.15) is 8.78 Å². The maximum absolute atomic E-state index is 12.8. The molecule has 1 amide bonds. The van der Waals surface area contributed by atoms with Crippen LogP contribution in [-0.4, -0.2) is 49.2 Å². The van der Waals surface area contributed by atoms with Crippen LogP contribution in [0, 0.1) is 21.7 Å². The summed E-state index contributed by atoms with van der Waals surface area (Å²) in [6, 6.07) is 6.62. The van der Waals surface area contributed by atoms with E-state index in [2.05, 4.69) is 40.6 Å². The average molecular weight is 496 g/mol. The number of thiazole rings is 1. The number of carbonyl (C=O) groups excluding carboxylic acids is 1. The Labute approximate surface area is 202 Å². The Morgan fingerprint density at radius 2 is 2.09 bits per heavy atom. The first-order chi connectivity index (χ1) is 16.1. The highest BCUT2D eigenvalue weighted by Crippen LogP contribution is 2.45. The quantitative estimate of drug-likeness (QED) is 0.422. The van der Waals surface area contributed by atoms with Crippen molar-refractivity contribution < 1.29 is 23.0 Å². The lowest BCUT2D eigenvalue weighted by Gasteiger charge is -2.48. The van der Waals surface area contributed by atoms with Gasteiger partial charge in [-0.05, 0) is 36.3 Å². The van der Waals surface area contributed by atoms with Crippen LogP contribution in [0.15, 0.2) is 35.6 Å². The van der Waals surface area contributed by atoms with Crippen LogP contribution in [-0.2, 0) is 16.1 Å². The average Bonchev–Trinajstić information content (AvgIpc) is 3.24. The van der Waals surface area contributed by atoms with Gasteiger partial charge in [0, 0.05) is 43.7 Å². The minimum atomic E-state index is -2.92. The second-order valence-corrected chi connectivity index (χ2v) is 11.0. The molecule has 0 bridgehead atoms. The van der Waals surface area contributed by atoms with Crippen molar-refractivity contribution in [1.29, 1.82) is 0 Å². The van der Waals surface area contributed by atoms with Crippen molar-refractivity contribution in [2.45, 2.75) is 46.8 Å². The number of piperidine rings is 1. The number of hydrogen-bond acceptors (Lipinski definition) is 7. The van der Waals surface area contributed by atoms with E-state index in [1.54, 1.807) is 31.5 Å². The summed E-state index contributed by atoms with van der Waals surface area (Å²) in [6.45, 7) is 5.41. The van der Waals surface area contributed by atoms with Crippen LogP contribution in [0.3, 0.4) is 0 Å². The summed E-state index contributed by atoms with van der Waals surface area (Å²) in [4.78, 5) is 31.4. The number of hydrogen-bond donors (Lipinski definition) is 0. The summed E-state index contributed by atoms with van der Waals surface area (Å²) in [5, 5.41) is 3.59. The van der Waals surface area contributed by atoms with E-state index in [9.17, 15) is 18.5 Å². The molecule has 2 heterocycles. The van der Waals surface area contributed by atoms with E-state index in [1.807, 2.05) is 0 Å². The molecule has 1 aromatic carbocycles. The topological polar surface area (TPSA) is 81.1 Å². The van der Waals surface area contributed by atoms with Gasteiger partial charge in [0.25, 0.3) is 5.91 Å². The molecule has 0 spiro atoms. The SMILES string of the molecule is COCC[C@@]1(C(=O)N=O)CC(C(C)(C)C)CN(Cc2ncc(-c3ccccc3OC(F)F)s2)C1. The Hall–Kier alpha value is -2.30. The lowest BCUT2D eigenvalue weighted by molar-refractivity contribution is -0.136. The van der Waals surface area contributed by atoms with Gasteiger partial charge in [-0.1, -0.05) is 32.9 Å². The van der Waals surface area contributed by atoms with E-state index in [0.717, 1.165) is 11.6 Å². The first kappa shape index (κ1) is 26.3. The maximum atomic E-state index is 12.8. The van der Waals surface area contributed by atoms with E-state index in [4.69, 9.17) is 4.74 Å². The van der Waals surface area contributed by atoms with Crippen LogP contribution in [0.4, 0.5) is 8.78 Å². The molecule has 1 aromatic heterocycles. The van der Waals surface area contributed by atoms with Gasteiger partial charge in [-0.3, -0.25) is 9.69 Å². The van der Waals surface area contributed by atoms with Gasteiger partial charge in [0.2, 0.25) is 0 Å². The van der Waals surface area contributed by atoms with Gasteiger partial charge in [0.05, 0.1) is 16.8 Å². The Morgan fingerprint density at radius 3 is 2.74 bits per heavy atom. The molecule has 3 rings (SSSR count). The van der Waals surface area contributed by atoms with Gasteiger partial charge in [0.1, 0.15) is 10.8 Å². The van der Waals surface area contributed by atoms with Crippen LogP contribution in [0.25, 0.3) is 10.4 Å². The molecule has 1 fully saturated rings. The number of para-hydroxylation sites is 1. The van der Waals surface area contributed by atoms with E-state index in [1.165, 1.54) is 17.4 Å². The van der Waals surface area contributed by atoms with Crippen molar-refractivity contribution in [3.8, 4) is 16.2 Å².